The van der Waals surface area contributed by atoms with Crippen LogP contribution < -0.4 is 4.74 Å². The minimum atomic E-state index is -0.551. The molecule has 0 radical (unpaired) electrons. The maximum Gasteiger partial charge on any atom is 0.313 e. The summed E-state index contributed by atoms with van der Waals surface area (Å²) in [6.07, 6.45) is 0.0491. The summed E-state index contributed by atoms with van der Waals surface area (Å²) >= 11 is 0. The standard InChI is InChI=1S/C17H25FO6/c1-14-3-4-16(15(18)13-14)24-17(19)5-6-21-9-10-23-12-11-22-8-7-20-2/h3-4,13H,5-12H2,1-2H3. The van der Waals surface area contributed by atoms with Crippen LogP contribution in [0.2, 0.25) is 0 Å². The largest absolute Gasteiger partial charge is 0.423 e. The van der Waals surface area contributed by atoms with Crippen LogP contribution in [0.4, 0.5) is 4.39 Å². The van der Waals surface area contributed by atoms with Crippen LogP contribution in [0, 0.1) is 12.7 Å². The third kappa shape index (κ3) is 9.57. The number of hydrogen-bond acceptors (Lipinski definition) is 6. The van der Waals surface area contributed by atoms with E-state index in [0.29, 0.717) is 39.6 Å². The van der Waals surface area contributed by atoms with Crippen molar-refractivity contribution in [2.45, 2.75) is 13.3 Å². The molecule has 24 heavy (non-hydrogen) atoms. The Morgan fingerprint density at radius 2 is 1.54 bits per heavy atom. The number of hydrogen-bond donors (Lipinski definition) is 0. The summed E-state index contributed by atoms with van der Waals surface area (Å²) < 4.78 is 39.1. The van der Waals surface area contributed by atoms with E-state index in [4.69, 9.17) is 23.7 Å². The lowest BCUT2D eigenvalue weighted by Crippen LogP contribution is -2.14. The topological polar surface area (TPSA) is 63.2 Å². The average molecular weight is 344 g/mol. The van der Waals surface area contributed by atoms with Crippen LogP contribution in [0.5, 0.6) is 5.75 Å². The maximum absolute atomic E-state index is 13.5. The van der Waals surface area contributed by atoms with E-state index in [1.54, 1.807) is 20.1 Å². The minimum absolute atomic E-state index is 0.0491. The van der Waals surface area contributed by atoms with Gasteiger partial charge in [0.2, 0.25) is 0 Å². The number of carbonyl (C=O) groups excluding carboxylic acids is 1. The summed E-state index contributed by atoms with van der Waals surface area (Å²) in [6, 6.07) is 4.43. The Bertz CT molecular complexity index is 480. The quantitative estimate of drug-likeness (QED) is 0.310. The average Bonchev–Trinajstić information content (AvgIpc) is 2.55. The number of methoxy groups -OCH3 is 1. The van der Waals surface area contributed by atoms with E-state index < -0.39 is 11.8 Å². The smallest absolute Gasteiger partial charge is 0.313 e. The lowest BCUT2D eigenvalue weighted by atomic mass is 10.2. The predicted molar refractivity (Wildman–Crippen MR) is 85.7 cm³/mol. The van der Waals surface area contributed by atoms with Crippen molar-refractivity contribution in [3.05, 3.63) is 29.6 Å². The van der Waals surface area contributed by atoms with E-state index in [-0.39, 0.29) is 18.8 Å². The molecule has 6 nitrogen and oxygen atoms in total. The van der Waals surface area contributed by atoms with Crippen LogP contribution in [0.25, 0.3) is 0 Å². The summed E-state index contributed by atoms with van der Waals surface area (Å²) in [5, 5.41) is 0. The van der Waals surface area contributed by atoms with Crippen molar-refractivity contribution in [1.82, 2.24) is 0 Å². The Morgan fingerprint density at radius 3 is 2.12 bits per heavy atom. The number of benzene rings is 1. The fourth-order valence-electron chi connectivity index (χ4n) is 1.70. The third-order valence-corrected chi connectivity index (χ3v) is 2.94. The highest BCUT2D eigenvalue weighted by Crippen LogP contribution is 2.18. The van der Waals surface area contributed by atoms with Crippen LogP contribution in [-0.2, 0) is 23.7 Å². The van der Waals surface area contributed by atoms with Crippen LogP contribution in [0.1, 0.15) is 12.0 Å². The second-order valence-electron chi connectivity index (χ2n) is 4.99. The molecule has 0 heterocycles. The van der Waals surface area contributed by atoms with Crippen molar-refractivity contribution in [1.29, 1.82) is 0 Å². The van der Waals surface area contributed by atoms with E-state index >= 15 is 0 Å². The van der Waals surface area contributed by atoms with Crippen molar-refractivity contribution in [2.24, 2.45) is 0 Å². The molecule has 0 spiro atoms. The monoisotopic (exact) mass is 344 g/mol. The van der Waals surface area contributed by atoms with Gasteiger partial charge in [-0.1, -0.05) is 6.07 Å². The van der Waals surface area contributed by atoms with Gasteiger partial charge in [0, 0.05) is 7.11 Å². The molecule has 0 unspecified atom stereocenters. The Labute approximate surface area is 141 Å². The van der Waals surface area contributed by atoms with Crippen LogP contribution in [-0.4, -0.2) is 59.3 Å². The van der Waals surface area contributed by atoms with Gasteiger partial charge in [-0.2, -0.15) is 0 Å². The zero-order valence-corrected chi connectivity index (χ0v) is 14.2. The molecule has 0 atom stereocenters. The summed E-state index contributed by atoms with van der Waals surface area (Å²) in [6.45, 7) is 4.81. The molecule has 1 aromatic rings. The first-order valence-corrected chi connectivity index (χ1v) is 7.82. The molecule has 7 heteroatoms. The minimum Gasteiger partial charge on any atom is -0.423 e. The third-order valence-electron chi connectivity index (χ3n) is 2.94. The van der Waals surface area contributed by atoms with Gasteiger partial charge < -0.3 is 23.7 Å². The molecular formula is C17H25FO6. The van der Waals surface area contributed by atoms with Gasteiger partial charge in [-0.15, -0.1) is 0 Å². The van der Waals surface area contributed by atoms with E-state index in [1.807, 2.05) is 0 Å². The van der Waals surface area contributed by atoms with Crippen molar-refractivity contribution < 1.29 is 32.9 Å². The van der Waals surface area contributed by atoms with Crippen molar-refractivity contribution in [2.75, 3.05) is 53.4 Å². The Kier molecular flexibility index (Phi) is 11.0. The van der Waals surface area contributed by atoms with Gasteiger partial charge >= 0.3 is 5.97 Å². The molecule has 0 amide bonds. The summed E-state index contributed by atoms with van der Waals surface area (Å²) in [4.78, 5) is 11.6. The van der Waals surface area contributed by atoms with Crippen molar-refractivity contribution in [3.8, 4) is 5.75 Å². The molecule has 0 saturated heterocycles. The lowest BCUT2D eigenvalue weighted by molar-refractivity contribution is -0.135. The van der Waals surface area contributed by atoms with Gasteiger partial charge in [0.1, 0.15) is 0 Å². The van der Waals surface area contributed by atoms with Crippen LogP contribution >= 0.6 is 0 Å². The number of ether oxygens (including phenoxy) is 5. The molecule has 0 aliphatic heterocycles. The van der Waals surface area contributed by atoms with Gasteiger partial charge in [0.05, 0.1) is 52.7 Å². The fourth-order valence-corrected chi connectivity index (χ4v) is 1.70. The highest BCUT2D eigenvalue weighted by Gasteiger charge is 2.09. The van der Waals surface area contributed by atoms with Crippen molar-refractivity contribution >= 4 is 5.97 Å². The van der Waals surface area contributed by atoms with Crippen LogP contribution in [0.3, 0.4) is 0 Å². The van der Waals surface area contributed by atoms with E-state index in [0.717, 1.165) is 5.56 Å². The molecule has 0 aliphatic rings. The van der Waals surface area contributed by atoms with Gasteiger partial charge in [0.15, 0.2) is 11.6 Å². The van der Waals surface area contributed by atoms with E-state index in [1.165, 1.54) is 12.1 Å². The molecule has 0 saturated carbocycles. The van der Waals surface area contributed by atoms with Gasteiger partial charge in [0.25, 0.3) is 0 Å². The molecule has 0 aromatic heterocycles. The zero-order valence-electron chi connectivity index (χ0n) is 14.2. The lowest BCUT2D eigenvalue weighted by Gasteiger charge is -2.07. The second kappa shape index (κ2) is 12.8. The SMILES string of the molecule is COCCOCCOCCOCCC(=O)Oc1ccc(C)cc1F. The van der Waals surface area contributed by atoms with Gasteiger partial charge in [-0.3, -0.25) is 4.79 Å². The molecule has 0 aliphatic carbocycles. The molecule has 0 fully saturated rings. The summed E-state index contributed by atoms with van der Waals surface area (Å²) in [5.41, 5.74) is 0.764. The first-order valence-electron chi connectivity index (χ1n) is 7.82. The van der Waals surface area contributed by atoms with E-state index in [2.05, 4.69) is 0 Å². The number of aryl methyl sites for hydroxylation is 1. The van der Waals surface area contributed by atoms with Crippen molar-refractivity contribution in [3.63, 3.8) is 0 Å². The fraction of sp³-hybridized carbons (Fsp3) is 0.588. The van der Waals surface area contributed by atoms with Crippen LogP contribution in [0.15, 0.2) is 18.2 Å². The summed E-state index contributed by atoms with van der Waals surface area (Å²) in [5.74, 6) is -1.15. The molecule has 1 rings (SSSR count). The first kappa shape index (κ1) is 20.5. The molecular weight excluding hydrogens is 319 g/mol. The highest BCUT2D eigenvalue weighted by molar-refractivity contribution is 5.72. The Morgan fingerprint density at radius 1 is 0.958 bits per heavy atom. The number of rotatable bonds is 13. The normalized spacial score (nSPS) is 10.8. The highest BCUT2D eigenvalue weighted by atomic mass is 19.1. The maximum atomic E-state index is 13.5. The van der Waals surface area contributed by atoms with Gasteiger partial charge in [-0.25, -0.2) is 4.39 Å². The second-order valence-corrected chi connectivity index (χ2v) is 4.99. The molecule has 0 N–H and O–H groups in total. The molecule has 1 aromatic carbocycles. The predicted octanol–water partition coefficient (Wildman–Crippen LogP) is 2.13. The van der Waals surface area contributed by atoms with Gasteiger partial charge in [-0.05, 0) is 24.6 Å². The molecule has 136 valence electrons. The van der Waals surface area contributed by atoms with E-state index in [9.17, 15) is 9.18 Å². The number of esters is 1. The Hall–Kier alpha value is -1.54. The number of halogens is 1. The summed E-state index contributed by atoms with van der Waals surface area (Å²) in [7, 11) is 1.62. The Balaban J connectivity index is 1.98. The molecule has 0 bridgehead atoms. The number of carbonyl (C=O) groups is 1. The zero-order chi connectivity index (χ0) is 17.6. The first-order chi connectivity index (χ1) is 11.6.